The van der Waals surface area contributed by atoms with E-state index in [0.717, 1.165) is 17.6 Å². The third kappa shape index (κ3) is 13.7. The average Bonchev–Trinajstić information content (AvgIpc) is 2.83. The molecule has 1 aliphatic heterocycles. The van der Waals surface area contributed by atoms with E-state index in [1.54, 1.807) is 6.08 Å². The van der Waals surface area contributed by atoms with Crippen LogP contribution in [-0.4, -0.2) is 19.7 Å². The zero-order chi connectivity index (χ0) is 23.9. The molecular formula is C25H40NO3P. The minimum atomic E-state index is 0.565. The first-order valence-corrected chi connectivity index (χ1v) is 11.3. The molecule has 0 aromatic heterocycles. The van der Waals surface area contributed by atoms with Gasteiger partial charge in [0.1, 0.15) is 25.9 Å². The number of ether oxygens (including phenoxy) is 1. The second-order valence-electron chi connectivity index (χ2n) is 5.61. The molecule has 0 amide bonds. The molecule has 1 heterocycles. The van der Waals surface area contributed by atoms with Crippen molar-refractivity contribution in [3.8, 4) is 0 Å². The fraction of sp³-hybridized carbons (Fsp3) is 0.360. The van der Waals surface area contributed by atoms with Crippen molar-refractivity contribution in [2.75, 3.05) is 6.16 Å². The minimum absolute atomic E-state index is 0.565. The fourth-order valence-electron chi connectivity index (χ4n) is 2.17. The molecule has 0 bridgehead atoms. The highest BCUT2D eigenvalue weighted by Crippen LogP contribution is 2.34. The molecule has 2 N–H and O–H groups in total. The number of benzene rings is 1. The highest BCUT2D eigenvalue weighted by Gasteiger charge is 2.09. The molecule has 0 saturated carbocycles. The lowest BCUT2D eigenvalue weighted by Crippen LogP contribution is -2.03. The molecule has 0 aliphatic carbocycles. The van der Waals surface area contributed by atoms with E-state index in [4.69, 9.17) is 20.1 Å². The van der Waals surface area contributed by atoms with Crippen molar-refractivity contribution in [2.24, 2.45) is 5.73 Å². The van der Waals surface area contributed by atoms with Gasteiger partial charge >= 0.3 is 0 Å². The molecule has 1 aliphatic rings. The van der Waals surface area contributed by atoms with Gasteiger partial charge in [-0.2, -0.15) is 0 Å². The maximum atomic E-state index is 8.00. The van der Waals surface area contributed by atoms with Crippen LogP contribution < -0.4 is 5.73 Å². The SMILES string of the molecule is C=C/C=C(\N)C1=CC=C(OCc2ccc(C(C)C)cc2)CP1.C=O.C=O.CC.CC. The zero-order valence-electron chi connectivity index (χ0n) is 19.5. The largest absolute Gasteiger partial charge is 0.493 e. The Kier molecular flexibility index (Phi) is 24.5. The van der Waals surface area contributed by atoms with E-state index in [2.05, 4.69) is 50.8 Å². The van der Waals surface area contributed by atoms with Crippen LogP contribution in [0.4, 0.5) is 0 Å². The van der Waals surface area contributed by atoms with E-state index in [1.165, 1.54) is 16.4 Å². The smallest absolute Gasteiger partial charge is 0.113 e. The minimum Gasteiger partial charge on any atom is -0.493 e. The van der Waals surface area contributed by atoms with E-state index in [-0.39, 0.29) is 0 Å². The van der Waals surface area contributed by atoms with Gasteiger partial charge in [0.15, 0.2) is 0 Å². The highest BCUT2D eigenvalue weighted by atomic mass is 31.1. The Labute approximate surface area is 185 Å². The zero-order valence-corrected chi connectivity index (χ0v) is 20.5. The van der Waals surface area contributed by atoms with Gasteiger partial charge in [0, 0.05) is 11.9 Å². The molecule has 5 heteroatoms. The van der Waals surface area contributed by atoms with Crippen LogP contribution in [0.5, 0.6) is 0 Å². The summed E-state index contributed by atoms with van der Waals surface area (Å²) in [6.07, 6.45) is 8.56. The summed E-state index contributed by atoms with van der Waals surface area (Å²) in [5.74, 6) is 1.59. The molecule has 1 unspecified atom stereocenters. The van der Waals surface area contributed by atoms with Gasteiger partial charge in [-0.1, -0.05) is 87.0 Å². The number of carbonyl (C=O) groups excluding carboxylic acids is 2. The summed E-state index contributed by atoms with van der Waals surface area (Å²) < 4.78 is 5.90. The molecule has 30 heavy (non-hydrogen) atoms. The monoisotopic (exact) mass is 433 g/mol. The molecule has 4 nitrogen and oxygen atoms in total. The third-order valence-electron chi connectivity index (χ3n) is 3.57. The summed E-state index contributed by atoms with van der Waals surface area (Å²) in [5, 5.41) is 1.17. The van der Waals surface area contributed by atoms with Gasteiger partial charge in [0.05, 0.1) is 0 Å². The van der Waals surface area contributed by atoms with E-state index in [1.807, 2.05) is 53.4 Å². The van der Waals surface area contributed by atoms with Crippen molar-refractivity contribution in [3.63, 3.8) is 0 Å². The van der Waals surface area contributed by atoms with Crippen LogP contribution in [0.2, 0.25) is 0 Å². The van der Waals surface area contributed by atoms with Crippen LogP contribution in [0.15, 0.2) is 71.9 Å². The van der Waals surface area contributed by atoms with Gasteiger partial charge in [-0.05, 0) is 40.6 Å². The van der Waals surface area contributed by atoms with E-state index in [0.29, 0.717) is 21.1 Å². The Balaban J connectivity index is -0.000000815. The summed E-state index contributed by atoms with van der Waals surface area (Å²) in [6.45, 7) is 20.7. The van der Waals surface area contributed by atoms with Crippen LogP contribution in [-0.2, 0) is 20.9 Å². The molecule has 0 spiro atoms. The summed E-state index contributed by atoms with van der Waals surface area (Å²) >= 11 is 0. The van der Waals surface area contributed by atoms with Gasteiger partial charge in [0.25, 0.3) is 0 Å². The Morgan fingerprint density at radius 3 is 2.00 bits per heavy atom. The number of hydrogen-bond acceptors (Lipinski definition) is 4. The van der Waals surface area contributed by atoms with Crippen LogP contribution in [0.1, 0.15) is 58.6 Å². The van der Waals surface area contributed by atoms with Gasteiger partial charge in [-0.3, -0.25) is 0 Å². The molecule has 1 atom stereocenters. The second kappa shape index (κ2) is 22.8. The standard InChI is InChI=1S/C19H24NOP.2C2H6.2CH2O/c1-4-5-18(20)19-11-10-17(13-22-19)21-12-15-6-8-16(9-7-15)14(2)3;4*1-2/h4-11,14,22H,1,12-13,20H2,2-3H3;2*1-2H3;2*1H2/b18-5-;;;;. The maximum Gasteiger partial charge on any atom is 0.113 e. The molecule has 168 valence electrons. The Hall–Kier alpha value is -2.45. The molecular weight excluding hydrogens is 393 g/mol. The lowest BCUT2D eigenvalue weighted by molar-refractivity contribution is -0.0987. The van der Waals surface area contributed by atoms with Gasteiger partial charge in [0.2, 0.25) is 0 Å². The summed E-state index contributed by atoms with van der Waals surface area (Å²) in [7, 11) is 0.652. The molecule has 1 aromatic carbocycles. The Bertz CT molecular complexity index is 645. The highest BCUT2D eigenvalue weighted by molar-refractivity contribution is 7.43. The second-order valence-corrected chi connectivity index (χ2v) is 6.86. The van der Waals surface area contributed by atoms with Gasteiger partial charge in [-0.25, -0.2) is 0 Å². The van der Waals surface area contributed by atoms with Gasteiger partial charge in [-0.15, -0.1) is 0 Å². The normalized spacial score (nSPS) is 12.7. The number of nitrogens with two attached hydrogens (primary N) is 1. The molecule has 1 aromatic rings. The quantitative estimate of drug-likeness (QED) is 0.411. The van der Waals surface area contributed by atoms with Crippen molar-refractivity contribution in [1.29, 1.82) is 0 Å². The van der Waals surface area contributed by atoms with Gasteiger partial charge < -0.3 is 20.1 Å². The van der Waals surface area contributed by atoms with Crippen molar-refractivity contribution >= 4 is 22.2 Å². The molecule has 0 fully saturated rings. The van der Waals surface area contributed by atoms with Crippen LogP contribution in [0.3, 0.4) is 0 Å². The van der Waals surface area contributed by atoms with Crippen LogP contribution in [0, 0.1) is 0 Å². The summed E-state index contributed by atoms with van der Waals surface area (Å²) in [6, 6.07) is 8.65. The van der Waals surface area contributed by atoms with E-state index in [9.17, 15) is 0 Å². The van der Waals surface area contributed by atoms with Crippen molar-refractivity contribution in [1.82, 2.24) is 0 Å². The van der Waals surface area contributed by atoms with Crippen LogP contribution >= 0.6 is 8.58 Å². The number of allylic oxidation sites excluding steroid dienone is 6. The van der Waals surface area contributed by atoms with E-state index >= 15 is 0 Å². The van der Waals surface area contributed by atoms with E-state index < -0.39 is 0 Å². The van der Waals surface area contributed by atoms with Crippen molar-refractivity contribution < 1.29 is 14.3 Å². The van der Waals surface area contributed by atoms with Crippen molar-refractivity contribution in [3.05, 3.63) is 83.0 Å². The average molecular weight is 434 g/mol. The van der Waals surface area contributed by atoms with Crippen LogP contribution in [0.25, 0.3) is 0 Å². The Morgan fingerprint density at radius 2 is 1.60 bits per heavy atom. The molecule has 2 rings (SSSR count). The summed E-state index contributed by atoms with van der Waals surface area (Å²) in [4.78, 5) is 16.0. The lowest BCUT2D eigenvalue weighted by Gasteiger charge is -2.16. The predicted molar refractivity (Wildman–Crippen MR) is 134 cm³/mol. The number of hydrogen-bond donors (Lipinski definition) is 1. The molecule has 0 radical (unpaired) electrons. The third-order valence-corrected chi connectivity index (χ3v) is 4.93. The maximum absolute atomic E-state index is 8.00. The number of rotatable bonds is 6. The van der Waals surface area contributed by atoms with Crippen molar-refractivity contribution in [2.45, 2.75) is 54.1 Å². The molecule has 0 saturated heterocycles. The number of carbonyl (C=O) groups is 2. The topological polar surface area (TPSA) is 69.4 Å². The lowest BCUT2D eigenvalue weighted by atomic mass is 10.0. The summed E-state index contributed by atoms with van der Waals surface area (Å²) in [5.41, 5.74) is 9.33. The first-order chi connectivity index (χ1) is 14.6. The first kappa shape index (κ1) is 32.2. The fourth-order valence-corrected chi connectivity index (χ4v) is 3.24. The predicted octanol–water partition coefficient (Wildman–Crippen LogP) is 6.50. The Morgan fingerprint density at radius 1 is 1.07 bits per heavy atom. The first-order valence-electron chi connectivity index (χ1n) is 10.1.